The molecule has 2 aromatic heterocycles. The van der Waals surface area contributed by atoms with Gasteiger partial charge in [0.15, 0.2) is 0 Å². The lowest BCUT2D eigenvalue weighted by Gasteiger charge is -2.18. The summed E-state index contributed by atoms with van der Waals surface area (Å²) in [5, 5.41) is 0.113. The van der Waals surface area contributed by atoms with Gasteiger partial charge in [-0.05, 0) is 35.6 Å². The van der Waals surface area contributed by atoms with E-state index >= 15 is 0 Å². The van der Waals surface area contributed by atoms with Crippen LogP contribution < -0.4 is 14.4 Å². The van der Waals surface area contributed by atoms with Crippen LogP contribution in [0.5, 0.6) is 0 Å². The molecule has 3 rings (SSSR count). The Morgan fingerprint density at radius 1 is 1.11 bits per heavy atom. The molecule has 0 fully saturated rings. The standard InChI is InChI=1S/C18H17F3NO5S/c1-17(2,3)10-11-6-7-13-12(9-11)16(23)15-14(26-13)5-4-8-22(15)27-28(24,25)18(19,20)21/h4-9H,10H2,1-3H3/q+1. The van der Waals surface area contributed by atoms with Crippen LogP contribution in [0.25, 0.3) is 22.1 Å². The van der Waals surface area contributed by atoms with Gasteiger partial charge in [-0.1, -0.05) is 26.8 Å². The lowest BCUT2D eigenvalue weighted by Crippen LogP contribution is -2.51. The first-order valence-corrected chi connectivity index (χ1v) is 9.61. The highest BCUT2D eigenvalue weighted by Crippen LogP contribution is 2.25. The summed E-state index contributed by atoms with van der Waals surface area (Å²) in [5.41, 5.74) is -5.90. The highest BCUT2D eigenvalue weighted by molar-refractivity contribution is 7.87. The molecule has 0 aliphatic carbocycles. The molecule has 0 unspecified atom stereocenters. The molecule has 1 aromatic carbocycles. The third kappa shape index (κ3) is 3.82. The first kappa shape index (κ1) is 20.1. The Morgan fingerprint density at radius 3 is 2.39 bits per heavy atom. The van der Waals surface area contributed by atoms with E-state index in [0.29, 0.717) is 6.42 Å². The van der Waals surface area contributed by atoms with Crippen molar-refractivity contribution in [2.75, 3.05) is 0 Å². The fraction of sp³-hybridized carbons (Fsp3) is 0.333. The van der Waals surface area contributed by atoms with Crippen LogP contribution in [0.4, 0.5) is 13.2 Å². The smallest absolute Gasteiger partial charge is 0.449 e. The SMILES string of the molecule is CC(C)(C)Cc1ccc2oc3ccc[n+](OS(=O)(=O)C(F)(F)F)c3c(=O)c2c1. The molecular weight excluding hydrogens is 399 g/mol. The number of aromatic nitrogens is 1. The summed E-state index contributed by atoms with van der Waals surface area (Å²) in [7, 11) is -5.96. The van der Waals surface area contributed by atoms with Crippen LogP contribution in [0.15, 0.2) is 45.7 Å². The molecule has 0 N–H and O–H groups in total. The van der Waals surface area contributed by atoms with Crippen LogP contribution in [0.1, 0.15) is 26.3 Å². The zero-order valence-electron chi connectivity index (χ0n) is 15.2. The number of hydrogen-bond donors (Lipinski definition) is 0. The maximum atomic E-state index is 12.9. The van der Waals surface area contributed by atoms with Gasteiger partial charge in [-0.15, -0.1) is 4.28 Å². The van der Waals surface area contributed by atoms with Gasteiger partial charge in [0.1, 0.15) is 5.58 Å². The first-order valence-electron chi connectivity index (χ1n) is 8.20. The molecule has 0 saturated heterocycles. The molecule has 0 radical (unpaired) electrons. The van der Waals surface area contributed by atoms with Gasteiger partial charge in [-0.25, -0.2) is 0 Å². The maximum absolute atomic E-state index is 12.9. The summed E-state index contributed by atoms with van der Waals surface area (Å²) < 4.78 is 70.6. The molecule has 0 amide bonds. The number of pyridine rings is 1. The average molecular weight is 416 g/mol. The largest absolute Gasteiger partial charge is 0.540 e. The summed E-state index contributed by atoms with van der Waals surface area (Å²) in [6.07, 6.45) is 1.54. The van der Waals surface area contributed by atoms with E-state index in [2.05, 4.69) is 4.28 Å². The second-order valence-corrected chi connectivity index (χ2v) is 9.04. The lowest BCUT2D eigenvalue weighted by molar-refractivity contribution is -0.836. The van der Waals surface area contributed by atoms with Crippen molar-refractivity contribution in [2.24, 2.45) is 5.41 Å². The molecular formula is C18H17F3NO5S+. The summed E-state index contributed by atoms with van der Waals surface area (Å²) in [5.74, 6) is 0. The Hall–Kier alpha value is -2.62. The normalized spacial score (nSPS) is 13.2. The zero-order chi connectivity index (χ0) is 20.9. The van der Waals surface area contributed by atoms with Crippen molar-refractivity contribution in [1.82, 2.24) is 0 Å². The van der Waals surface area contributed by atoms with Crippen molar-refractivity contribution < 1.29 is 35.0 Å². The number of rotatable bonds is 3. The molecule has 10 heteroatoms. The van der Waals surface area contributed by atoms with Crippen molar-refractivity contribution in [3.8, 4) is 0 Å². The topological polar surface area (TPSA) is 77.5 Å². The fourth-order valence-electron chi connectivity index (χ4n) is 2.79. The summed E-state index contributed by atoms with van der Waals surface area (Å²) in [4.78, 5) is 12.9. The van der Waals surface area contributed by atoms with Crippen LogP contribution in [-0.2, 0) is 16.5 Å². The zero-order valence-corrected chi connectivity index (χ0v) is 16.0. The van der Waals surface area contributed by atoms with Gasteiger partial charge in [-0.2, -0.15) is 21.6 Å². The molecule has 150 valence electrons. The van der Waals surface area contributed by atoms with Crippen LogP contribution in [0, 0.1) is 5.41 Å². The van der Waals surface area contributed by atoms with E-state index in [1.165, 1.54) is 12.1 Å². The third-order valence-corrected chi connectivity index (χ3v) is 4.77. The minimum atomic E-state index is -5.96. The minimum absolute atomic E-state index is 0.0610. The van der Waals surface area contributed by atoms with E-state index in [1.807, 2.05) is 20.8 Å². The predicted molar refractivity (Wildman–Crippen MR) is 94.9 cm³/mol. The molecule has 0 saturated carbocycles. The van der Waals surface area contributed by atoms with Crippen LogP contribution >= 0.6 is 0 Å². The molecule has 0 spiro atoms. The number of nitrogens with zero attached hydrogens (tertiary/aromatic N) is 1. The highest BCUT2D eigenvalue weighted by atomic mass is 32.2. The van der Waals surface area contributed by atoms with Crippen LogP contribution in [0.3, 0.4) is 0 Å². The Kier molecular flexibility index (Phi) is 4.65. The molecule has 0 bridgehead atoms. The first-order chi connectivity index (χ1) is 12.8. The number of hydrogen-bond acceptors (Lipinski definition) is 5. The van der Waals surface area contributed by atoms with Crippen molar-refractivity contribution in [3.63, 3.8) is 0 Å². The van der Waals surface area contributed by atoms with Gasteiger partial charge in [0.05, 0.1) is 5.39 Å². The number of fused-ring (bicyclic) bond motifs is 2. The fourth-order valence-corrected chi connectivity index (χ4v) is 3.21. The molecule has 0 atom stereocenters. The van der Waals surface area contributed by atoms with E-state index in [0.717, 1.165) is 11.8 Å². The Balaban J connectivity index is 2.24. The van der Waals surface area contributed by atoms with E-state index in [4.69, 9.17) is 4.42 Å². The molecule has 28 heavy (non-hydrogen) atoms. The quantitative estimate of drug-likeness (QED) is 0.373. The van der Waals surface area contributed by atoms with Crippen molar-refractivity contribution in [2.45, 2.75) is 32.7 Å². The van der Waals surface area contributed by atoms with Gasteiger partial charge in [0.25, 0.3) is 5.43 Å². The predicted octanol–water partition coefficient (Wildman–Crippen LogP) is 3.10. The second-order valence-electron chi connectivity index (χ2n) is 7.52. The van der Waals surface area contributed by atoms with E-state index in [-0.39, 0.29) is 26.7 Å². The number of benzene rings is 1. The molecule has 6 nitrogen and oxygen atoms in total. The van der Waals surface area contributed by atoms with Crippen LogP contribution in [0.2, 0.25) is 0 Å². The molecule has 0 aliphatic rings. The van der Waals surface area contributed by atoms with Gasteiger partial charge >= 0.3 is 21.1 Å². The Morgan fingerprint density at radius 2 is 1.79 bits per heavy atom. The summed E-state index contributed by atoms with van der Waals surface area (Å²) in [6.45, 7) is 6.05. The van der Waals surface area contributed by atoms with Crippen molar-refractivity contribution in [1.29, 1.82) is 0 Å². The van der Waals surface area contributed by atoms with E-state index in [9.17, 15) is 26.4 Å². The molecule has 3 aromatic rings. The molecule has 0 aliphatic heterocycles. The number of alkyl halides is 3. The molecule has 2 heterocycles. The van der Waals surface area contributed by atoms with Gasteiger partial charge < -0.3 is 4.42 Å². The maximum Gasteiger partial charge on any atom is 0.540 e. The number of halogens is 3. The minimum Gasteiger partial charge on any atom is -0.449 e. The third-order valence-electron chi connectivity index (χ3n) is 3.84. The van der Waals surface area contributed by atoms with E-state index in [1.54, 1.807) is 18.2 Å². The van der Waals surface area contributed by atoms with Crippen molar-refractivity contribution >= 4 is 32.2 Å². The Labute approximate surface area is 158 Å². The van der Waals surface area contributed by atoms with Gasteiger partial charge in [0, 0.05) is 10.8 Å². The van der Waals surface area contributed by atoms with Gasteiger partial charge in [0.2, 0.25) is 11.8 Å². The average Bonchev–Trinajstić information content (AvgIpc) is 2.53. The highest BCUT2D eigenvalue weighted by Gasteiger charge is 2.52. The second kappa shape index (κ2) is 6.47. The monoisotopic (exact) mass is 416 g/mol. The van der Waals surface area contributed by atoms with E-state index < -0.39 is 26.6 Å². The Bertz CT molecular complexity index is 1220. The van der Waals surface area contributed by atoms with Crippen molar-refractivity contribution in [3.05, 3.63) is 52.3 Å². The van der Waals surface area contributed by atoms with Crippen LogP contribution in [-0.4, -0.2) is 13.9 Å². The summed E-state index contributed by atoms with van der Waals surface area (Å²) >= 11 is 0. The lowest BCUT2D eigenvalue weighted by atomic mass is 9.88. The van der Waals surface area contributed by atoms with Gasteiger partial charge in [-0.3, -0.25) is 4.79 Å². The summed E-state index contributed by atoms with van der Waals surface area (Å²) in [6, 6.07) is 7.52.